The molecule has 27 heavy (non-hydrogen) atoms. The van der Waals surface area contributed by atoms with Gasteiger partial charge in [0.05, 0.1) is 12.2 Å². The Kier molecular flexibility index (Phi) is 5.59. The molecule has 1 aromatic carbocycles. The quantitative estimate of drug-likeness (QED) is 0.681. The summed E-state index contributed by atoms with van der Waals surface area (Å²) in [5.41, 5.74) is 2.00. The van der Waals surface area contributed by atoms with Gasteiger partial charge in [0, 0.05) is 17.8 Å². The Morgan fingerprint density at radius 1 is 1.30 bits per heavy atom. The Balaban J connectivity index is 1.59. The molecule has 142 valence electrons. The van der Waals surface area contributed by atoms with Gasteiger partial charge in [0.25, 0.3) is 5.91 Å². The number of ether oxygens (including phenoxy) is 1. The van der Waals surface area contributed by atoms with Crippen LogP contribution in [0.2, 0.25) is 0 Å². The molecule has 1 atom stereocenters. The molecule has 2 heterocycles. The number of carbonyl (C=O) groups is 1. The fourth-order valence-corrected chi connectivity index (χ4v) is 2.81. The molecule has 2 aromatic heterocycles. The van der Waals surface area contributed by atoms with Crippen LogP contribution in [0.1, 0.15) is 47.5 Å². The SMILES string of the molecule is CCn1ncc(C(C)NC(=O)c2ccc(COc3ccc(F)cc3)o2)c1C. The molecule has 0 aliphatic heterocycles. The maximum absolute atomic E-state index is 12.9. The number of benzene rings is 1. The van der Waals surface area contributed by atoms with Crippen molar-refractivity contribution in [3.8, 4) is 5.75 Å². The molecule has 0 aliphatic carbocycles. The molecule has 0 saturated carbocycles. The largest absolute Gasteiger partial charge is 0.486 e. The van der Waals surface area contributed by atoms with E-state index < -0.39 is 0 Å². The monoisotopic (exact) mass is 371 g/mol. The van der Waals surface area contributed by atoms with Gasteiger partial charge < -0.3 is 14.5 Å². The zero-order valence-corrected chi connectivity index (χ0v) is 15.5. The van der Waals surface area contributed by atoms with Gasteiger partial charge in [0.2, 0.25) is 0 Å². The van der Waals surface area contributed by atoms with Crippen LogP contribution in [0.5, 0.6) is 5.75 Å². The van der Waals surface area contributed by atoms with Gasteiger partial charge in [-0.25, -0.2) is 4.39 Å². The van der Waals surface area contributed by atoms with Gasteiger partial charge >= 0.3 is 0 Å². The number of nitrogens with one attached hydrogen (secondary N) is 1. The van der Waals surface area contributed by atoms with Crippen LogP contribution in [0, 0.1) is 12.7 Å². The molecule has 3 rings (SSSR count). The molecule has 0 aliphatic rings. The number of hydrogen-bond acceptors (Lipinski definition) is 4. The maximum atomic E-state index is 12.9. The van der Waals surface area contributed by atoms with E-state index in [0.717, 1.165) is 17.8 Å². The standard InChI is InChI=1S/C20H22FN3O3/c1-4-24-14(3)18(11-22-24)13(2)23-20(25)19-10-9-17(27-19)12-26-16-7-5-15(21)6-8-16/h5-11,13H,4,12H2,1-3H3,(H,23,25). The summed E-state index contributed by atoms with van der Waals surface area (Å²) in [4.78, 5) is 12.4. The highest BCUT2D eigenvalue weighted by Gasteiger charge is 2.18. The summed E-state index contributed by atoms with van der Waals surface area (Å²) in [7, 11) is 0. The van der Waals surface area contributed by atoms with Gasteiger partial charge in [-0.15, -0.1) is 0 Å². The van der Waals surface area contributed by atoms with E-state index in [1.807, 2.05) is 25.5 Å². The summed E-state index contributed by atoms with van der Waals surface area (Å²) in [5.74, 6) is 0.607. The summed E-state index contributed by atoms with van der Waals surface area (Å²) in [5, 5.41) is 7.22. The number of aromatic nitrogens is 2. The Hall–Kier alpha value is -3.09. The molecular formula is C20H22FN3O3. The predicted octanol–water partition coefficient (Wildman–Crippen LogP) is 4.01. The Labute approximate surface area is 156 Å². The highest BCUT2D eigenvalue weighted by Crippen LogP contribution is 2.19. The highest BCUT2D eigenvalue weighted by atomic mass is 19.1. The number of furan rings is 1. The molecule has 6 nitrogen and oxygen atoms in total. The fourth-order valence-electron chi connectivity index (χ4n) is 2.81. The first-order valence-corrected chi connectivity index (χ1v) is 8.78. The lowest BCUT2D eigenvalue weighted by atomic mass is 10.1. The van der Waals surface area contributed by atoms with Gasteiger partial charge in [-0.1, -0.05) is 0 Å². The van der Waals surface area contributed by atoms with Crippen molar-refractivity contribution in [3.05, 3.63) is 71.2 Å². The van der Waals surface area contributed by atoms with Crippen LogP contribution in [0.3, 0.4) is 0 Å². The van der Waals surface area contributed by atoms with Gasteiger partial charge in [0.1, 0.15) is 23.9 Å². The number of amides is 1. The Morgan fingerprint density at radius 3 is 2.70 bits per heavy atom. The summed E-state index contributed by atoms with van der Waals surface area (Å²) >= 11 is 0. The molecule has 7 heteroatoms. The van der Waals surface area contributed by atoms with Gasteiger partial charge in [-0.2, -0.15) is 5.10 Å². The van der Waals surface area contributed by atoms with Crippen molar-refractivity contribution in [2.75, 3.05) is 0 Å². The van der Waals surface area contributed by atoms with E-state index in [2.05, 4.69) is 10.4 Å². The zero-order chi connectivity index (χ0) is 19.4. The third-order valence-electron chi connectivity index (χ3n) is 4.33. The van der Waals surface area contributed by atoms with E-state index in [4.69, 9.17) is 9.15 Å². The fraction of sp³-hybridized carbons (Fsp3) is 0.300. The second-order valence-electron chi connectivity index (χ2n) is 6.20. The topological polar surface area (TPSA) is 69.3 Å². The molecule has 1 unspecified atom stereocenters. The summed E-state index contributed by atoms with van der Waals surface area (Å²) in [6, 6.07) is 8.80. The lowest BCUT2D eigenvalue weighted by Crippen LogP contribution is -2.26. The first kappa shape index (κ1) is 18.7. The van der Waals surface area contributed by atoms with E-state index in [9.17, 15) is 9.18 Å². The van der Waals surface area contributed by atoms with E-state index >= 15 is 0 Å². The van der Waals surface area contributed by atoms with Crippen molar-refractivity contribution in [3.63, 3.8) is 0 Å². The van der Waals surface area contributed by atoms with Crippen LogP contribution in [0.25, 0.3) is 0 Å². The number of hydrogen-bond donors (Lipinski definition) is 1. The van der Waals surface area contributed by atoms with Crippen molar-refractivity contribution < 1.29 is 18.3 Å². The van der Waals surface area contributed by atoms with Crippen molar-refractivity contribution in [1.29, 1.82) is 0 Å². The van der Waals surface area contributed by atoms with Crippen LogP contribution in [-0.4, -0.2) is 15.7 Å². The zero-order valence-electron chi connectivity index (χ0n) is 15.5. The van der Waals surface area contributed by atoms with Crippen molar-refractivity contribution in [2.45, 2.75) is 40.0 Å². The number of carbonyl (C=O) groups excluding carboxylic acids is 1. The number of halogens is 1. The van der Waals surface area contributed by atoms with Crippen LogP contribution in [-0.2, 0) is 13.2 Å². The minimum atomic E-state index is -0.326. The van der Waals surface area contributed by atoms with E-state index in [-0.39, 0.29) is 30.1 Å². The average Bonchev–Trinajstić information content (AvgIpc) is 3.27. The molecule has 1 amide bonds. The molecule has 3 aromatic rings. The van der Waals surface area contributed by atoms with Crippen LogP contribution < -0.4 is 10.1 Å². The number of aryl methyl sites for hydroxylation is 1. The number of rotatable bonds is 7. The lowest BCUT2D eigenvalue weighted by molar-refractivity contribution is 0.0907. The van der Waals surface area contributed by atoms with Gasteiger partial charge in [-0.05, 0) is 57.2 Å². The van der Waals surface area contributed by atoms with Crippen LogP contribution >= 0.6 is 0 Å². The van der Waals surface area contributed by atoms with Crippen LogP contribution in [0.15, 0.2) is 47.0 Å². The Bertz CT molecular complexity index is 915. The minimum absolute atomic E-state index is 0.150. The third-order valence-corrected chi connectivity index (χ3v) is 4.33. The second kappa shape index (κ2) is 8.07. The Morgan fingerprint density at radius 2 is 2.04 bits per heavy atom. The first-order valence-electron chi connectivity index (χ1n) is 8.78. The highest BCUT2D eigenvalue weighted by molar-refractivity contribution is 5.91. The summed E-state index contributed by atoms with van der Waals surface area (Å²) in [6.07, 6.45) is 1.77. The van der Waals surface area contributed by atoms with E-state index in [1.165, 1.54) is 24.3 Å². The molecule has 0 saturated heterocycles. The molecule has 0 spiro atoms. The lowest BCUT2D eigenvalue weighted by Gasteiger charge is -2.13. The third kappa shape index (κ3) is 4.36. The average molecular weight is 371 g/mol. The smallest absolute Gasteiger partial charge is 0.287 e. The van der Waals surface area contributed by atoms with Crippen molar-refractivity contribution >= 4 is 5.91 Å². The summed E-state index contributed by atoms with van der Waals surface area (Å²) in [6.45, 7) is 6.83. The van der Waals surface area contributed by atoms with E-state index in [1.54, 1.807) is 18.3 Å². The van der Waals surface area contributed by atoms with E-state index in [0.29, 0.717) is 11.5 Å². The van der Waals surface area contributed by atoms with Crippen molar-refractivity contribution in [1.82, 2.24) is 15.1 Å². The number of nitrogens with zero attached hydrogens (tertiary/aromatic N) is 2. The minimum Gasteiger partial charge on any atom is -0.486 e. The molecule has 0 bridgehead atoms. The first-order chi connectivity index (χ1) is 13.0. The normalized spacial score (nSPS) is 12.0. The van der Waals surface area contributed by atoms with Crippen LogP contribution in [0.4, 0.5) is 4.39 Å². The summed E-state index contributed by atoms with van der Waals surface area (Å²) < 4.78 is 25.8. The molecular weight excluding hydrogens is 349 g/mol. The maximum Gasteiger partial charge on any atom is 0.287 e. The molecule has 1 N–H and O–H groups in total. The van der Waals surface area contributed by atoms with Gasteiger partial charge in [0.15, 0.2) is 5.76 Å². The molecule has 0 radical (unpaired) electrons. The predicted molar refractivity (Wildman–Crippen MR) is 98.0 cm³/mol. The molecule has 0 fully saturated rings. The second-order valence-corrected chi connectivity index (χ2v) is 6.20. The van der Waals surface area contributed by atoms with Gasteiger partial charge in [-0.3, -0.25) is 9.48 Å². The van der Waals surface area contributed by atoms with Crippen molar-refractivity contribution in [2.24, 2.45) is 0 Å².